The Hall–Kier alpha value is -2.11. The summed E-state index contributed by atoms with van der Waals surface area (Å²) in [5.41, 5.74) is 6.48. The highest BCUT2D eigenvalue weighted by Gasteiger charge is 2.08. The van der Waals surface area contributed by atoms with E-state index in [0.717, 1.165) is 11.6 Å². The van der Waals surface area contributed by atoms with Gasteiger partial charge in [-0.1, -0.05) is 23.7 Å². The van der Waals surface area contributed by atoms with Gasteiger partial charge in [0.25, 0.3) is 5.91 Å². The van der Waals surface area contributed by atoms with Crippen LogP contribution in [0.5, 0.6) is 5.75 Å². The van der Waals surface area contributed by atoms with Crippen LogP contribution >= 0.6 is 11.6 Å². The number of nitrogens with one attached hydrogen (secondary N) is 1. The molecular formula is C15H14ClFN2O2. The monoisotopic (exact) mass is 308 g/mol. The van der Waals surface area contributed by atoms with Gasteiger partial charge in [-0.2, -0.15) is 0 Å². The fourth-order valence-electron chi connectivity index (χ4n) is 1.69. The van der Waals surface area contributed by atoms with E-state index in [-0.39, 0.29) is 17.3 Å². The van der Waals surface area contributed by atoms with Gasteiger partial charge in [-0.3, -0.25) is 4.79 Å². The van der Waals surface area contributed by atoms with Crippen LogP contribution in [-0.2, 0) is 11.3 Å². The van der Waals surface area contributed by atoms with Gasteiger partial charge in [-0.15, -0.1) is 0 Å². The first kappa shape index (κ1) is 15.3. The molecule has 0 fully saturated rings. The molecule has 3 N–H and O–H groups in total. The summed E-state index contributed by atoms with van der Waals surface area (Å²) in [4.78, 5) is 11.7. The van der Waals surface area contributed by atoms with Crippen molar-refractivity contribution in [3.05, 3.63) is 58.9 Å². The maximum absolute atomic E-state index is 13.5. The van der Waals surface area contributed by atoms with Crippen molar-refractivity contribution in [3.63, 3.8) is 0 Å². The molecule has 0 saturated heterocycles. The zero-order valence-electron chi connectivity index (χ0n) is 11.1. The second kappa shape index (κ2) is 7.06. The Bertz CT molecular complexity index is 649. The number of nitrogens with two attached hydrogens (primary N) is 1. The molecule has 2 aromatic carbocycles. The van der Waals surface area contributed by atoms with E-state index >= 15 is 0 Å². The lowest BCUT2D eigenvalue weighted by atomic mass is 10.2. The van der Waals surface area contributed by atoms with E-state index < -0.39 is 11.7 Å². The number of hydrogen-bond acceptors (Lipinski definition) is 3. The van der Waals surface area contributed by atoms with Crippen molar-refractivity contribution in [3.8, 4) is 5.75 Å². The van der Waals surface area contributed by atoms with Crippen molar-refractivity contribution < 1.29 is 13.9 Å². The maximum atomic E-state index is 13.5. The minimum absolute atomic E-state index is 0.0590. The molecule has 2 aromatic rings. The Morgan fingerprint density at radius 3 is 2.81 bits per heavy atom. The van der Waals surface area contributed by atoms with Gasteiger partial charge in [-0.05, 0) is 35.9 Å². The lowest BCUT2D eigenvalue weighted by Crippen LogP contribution is -2.20. The molecule has 0 radical (unpaired) electrons. The molecule has 6 heteroatoms. The highest BCUT2D eigenvalue weighted by atomic mass is 35.5. The van der Waals surface area contributed by atoms with Crippen molar-refractivity contribution in [2.45, 2.75) is 6.54 Å². The molecule has 0 aromatic heterocycles. The number of carbonyl (C=O) groups excluding carboxylic acids is 1. The Morgan fingerprint density at radius 1 is 1.29 bits per heavy atom. The van der Waals surface area contributed by atoms with Crippen molar-refractivity contribution in [1.29, 1.82) is 0 Å². The maximum Gasteiger partial charge on any atom is 0.262 e. The lowest BCUT2D eigenvalue weighted by molar-refractivity contribution is -0.118. The molecule has 1 amide bonds. The molecule has 110 valence electrons. The van der Waals surface area contributed by atoms with Crippen LogP contribution in [-0.4, -0.2) is 12.5 Å². The molecule has 4 nitrogen and oxygen atoms in total. The van der Waals surface area contributed by atoms with Gasteiger partial charge in [-0.25, -0.2) is 4.39 Å². The molecule has 0 aliphatic rings. The van der Waals surface area contributed by atoms with Gasteiger partial charge < -0.3 is 15.8 Å². The summed E-state index contributed by atoms with van der Waals surface area (Å²) < 4.78 is 18.8. The first-order valence-electron chi connectivity index (χ1n) is 6.25. The zero-order chi connectivity index (χ0) is 15.2. The van der Waals surface area contributed by atoms with E-state index in [2.05, 4.69) is 5.32 Å². The quantitative estimate of drug-likeness (QED) is 0.892. The molecule has 0 aliphatic carbocycles. The highest BCUT2D eigenvalue weighted by molar-refractivity contribution is 6.30. The molecule has 0 spiro atoms. The SMILES string of the molecule is NCc1cccc(OCC(=O)Nc2ccc(Cl)cc2F)c1. The summed E-state index contributed by atoms with van der Waals surface area (Å²) in [5, 5.41) is 2.68. The number of halogens is 2. The second-order valence-corrected chi connectivity index (χ2v) is 4.75. The fourth-order valence-corrected chi connectivity index (χ4v) is 1.85. The van der Waals surface area contributed by atoms with Crippen LogP contribution in [0.15, 0.2) is 42.5 Å². The third kappa shape index (κ3) is 4.44. The highest BCUT2D eigenvalue weighted by Crippen LogP contribution is 2.19. The number of hydrogen-bond donors (Lipinski definition) is 2. The minimum atomic E-state index is -0.596. The number of carbonyl (C=O) groups is 1. The first-order valence-corrected chi connectivity index (χ1v) is 6.63. The van der Waals surface area contributed by atoms with E-state index in [4.69, 9.17) is 22.1 Å². The predicted octanol–water partition coefficient (Wildman–Crippen LogP) is 2.96. The van der Waals surface area contributed by atoms with E-state index in [1.54, 1.807) is 18.2 Å². The van der Waals surface area contributed by atoms with E-state index in [0.29, 0.717) is 12.3 Å². The Labute approximate surface area is 126 Å². The van der Waals surface area contributed by atoms with Crippen LogP contribution in [0.4, 0.5) is 10.1 Å². The van der Waals surface area contributed by atoms with Crippen LogP contribution in [0.3, 0.4) is 0 Å². The summed E-state index contributed by atoms with van der Waals surface area (Å²) in [5.74, 6) is -0.528. The molecule has 0 unspecified atom stereocenters. The number of anilines is 1. The molecule has 2 rings (SSSR count). The van der Waals surface area contributed by atoms with E-state index in [9.17, 15) is 9.18 Å². The van der Waals surface area contributed by atoms with Gasteiger partial charge in [0, 0.05) is 11.6 Å². The van der Waals surface area contributed by atoms with Crippen LogP contribution in [0.2, 0.25) is 5.02 Å². The minimum Gasteiger partial charge on any atom is -0.484 e. The van der Waals surface area contributed by atoms with E-state index in [1.165, 1.54) is 12.1 Å². The Balaban J connectivity index is 1.92. The number of benzene rings is 2. The summed E-state index contributed by atoms with van der Waals surface area (Å²) in [6, 6.07) is 11.1. The molecule has 0 heterocycles. The molecule has 21 heavy (non-hydrogen) atoms. The number of amides is 1. The van der Waals surface area contributed by atoms with Gasteiger partial charge in [0.2, 0.25) is 0 Å². The molecule has 0 atom stereocenters. The number of rotatable bonds is 5. The lowest BCUT2D eigenvalue weighted by Gasteiger charge is -2.09. The molecular weight excluding hydrogens is 295 g/mol. The van der Waals surface area contributed by atoms with Crippen LogP contribution < -0.4 is 15.8 Å². The normalized spacial score (nSPS) is 10.2. The summed E-state index contributed by atoms with van der Waals surface area (Å²) in [6.45, 7) is 0.162. The van der Waals surface area contributed by atoms with Gasteiger partial charge in [0.05, 0.1) is 5.69 Å². The third-order valence-electron chi connectivity index (χ3n) is 2.71. The summed E-state index contributed by atoms with van der Waals surface area (Å²) >= 11 is 5.64. The van der Waals surface area contributed by atoms with Gasteiger partial charge in [0.15, 0.2) is 6.61 Å². The average molecular weight is 309 g/mol. The van der Waals surface area contributed by atoms with Gasteiger partial charge >= 0.3 is 0 Å². The molecule has 0 bridgehead atoms. The average Bonchev–Trinajstić information content (AvgIpc) is 2.48. The summed E-state index contributed by atoms with van der Waals surface area (Å²) in [6.07, 6.45) is 0. The third-order valence-corrected chi connectivity index (χ3v) is 2.94. The van der Waals surface area contributed by atoms with Crippen molar-refractivity contribution >= 4 is 23.2 Å². The van der Waals surface area contributed by atoms with Crippen LogP contribution in [0.1, 0.15) is 5.56 Å². The zero-order valence-corrected chi connectivity index (χ0v) is 11.9. The standard InChI is InChI=1S/C15H14ClFN2O2/c16-11-4-5-14(13(17)7-11)19-15(20)9-21-12-3-1-2-10(6-12)8-18/h1-7H,8-9,18H2,(H,19,20). The largest absolute Gasteiger partial charge is 0.484 e. The molecule has 0 saturated carbocycles. The predicted molar refractivity (Wildman–Crippen MR) is 79.9 cm³/mol. The summed E-state index contributed by atoms with van der Waals surface area (Å²) in [7, 11) is 0. The van der Waals surface area contributed by atoms with Gasteiger partial charge in [0.1, 0.15) is 11.6 Å². The van der Waals surface area contributed by atoms with E-state index in [1.807, 2.05) is 6.07 Å². The smallest absolute Gasteiger partial charge is 0.262 e. The fraction of sp³-hybridized carbons (Fsp3) is 0.133. The number of ether oxygens (including phenoxy) is 1. The topological polar surface area (TPSA) is 64.3 Å². The Morgan fingerprint density at radius 2 is 2.10 bits per heavy atom. The first-order chi connectivity index (χ1) is 10.1. The van der Waals surface area contributed by atoms with Crippen molar-refractivity contribution in [2.24, 2.45) is 5.73 Å². The Kier molecular flexibility index (Phi) is 5.14. The van der Waals surface area contributed by atoms with Crippen molar-refractivity contribution in [2.75, 3.05) is 11.9 Å². The van der Waals surface area contributed by atoms with Crippen LogP contribution in [0, 0.1) is 5.82 Å². The molecule has 0 aliphatic heterocycles. The van der Waals surface area contributed by atoms with Crippen LogP contribution in [0.25, 0.3) is 0 Å². The van der Waals surface area contributed by atoms with Crippen molar-refractivity contribution in [1.82, 2.24) is 0 Å². The second-order valence-electron chi connectivity index (χ2n) is 4.31.